The number of carbonyl (C=O) groups is 2. The number of nitrogens with one attached hydrogen (secondary N) is 1. The zero-order valence-electron chi connectivity index (χ0n) is 13.4. The van der Waals surface area contributed by atoms with Gasteiger partial charge in [0.2, 0.25) is 5.91 Å². The number of aliphatic imine (C=N–C) groups is 1. The number of hydrogen-bond acceptors (Lipinski definition) is 5. The summed E-state index contributed by atoms with van der Waals surface area (Å²) in [5, 5.41) is 2.56. The fourth-order valence-electron chi connectivity index (χ4n) is 2.23. The van der Waals surface area contributed by atoms with Crippen molar-refractivity contribution in [1.29, 1.82) is 0 Å². The van der Waals surface area contributed by atoms with Crippen LogP contribution in [0.15, 0.2) is 29.3 Å². The second kappa shape index (κ2) is 8.28. The van der Waals surface area contributed by atoms with Gasteiger partial charge in [0.05, 0.1) is 19.8 Å². The van der Waals surface area contributed by atoms with E-state index >= 15 is 0 Å². The van der Waals surface area contributed by atoms with Crippen LogP contribution in [-0.2, 0) is 14.3 Å². The van der Waals surface area contributed by atoms with Crippen molar-refractivity contribution in [3.05, 3.63) is 29.8 Å². The summed E-state index contributed by atoms with van der Waals surface area (Å²) >= 11 is 0. The van der Waals surface area contributed by atoms with Gasteiger partial charge in [-0.25, -0.2) is 4.79 Å². The van der Waals surface area contributed by atoms with Crippen LogP contribution in [0.3, 0.4) is 0 Å². The second-order valence-corrected chi connectivity index (χ2v) is 4.99. The molecule has 1 aromatic carbocycles. The Morgan fingerprint density at radius 3 is 2.48 bits per heavy atom. The highest BCUT2D eigenvalue weighted by Crippen LogP contribution is 2.17. The number of anilines is 1. The predicted octanol–water partition coefficient (Wildman–Crippen LogP) is 1.56. The molecule has 2 amide bonds. The highest BCUT2D eigenvalue weighted by atomic mass is 16.5. The van der Waals surface area contributed by atoms with Crippen molar-refractivity contribution in [2.24, 2.45) is 4.99 Å². The van der Waals surface area contributed by atoms with Gasteiger partial charge in [0.1, 0.15) is 5.84 Å². The molecule has 0 saturated carbocycles. The molecule has 0 aromatic heterocycles. The summed E-state index contributed by atoms with van der Waals surface area (Å²) in [6.07, 6.45) is -0.728. The first-order valence-corrected chi connectivity index (χ1v) is 7.56. The largest absolute Gasteiger partial charge is 0.448 e. The lowest BCUT2D eigenvalue weighted by Crippen LogP contribution is -2.36. The molecule has 1 aliphatic heterocycles. The maximum atomic E-state index is 11.5. The number of benzene rings is 1. The number of morpholine rings is 1. The average Bonchev–Trinajstić information content (AvgIpc) is 2.55. The third-order valence-corrected chi connectivity index (χ3v) is 3.28. The summed E-state index contributed by atoms with van der Waals surface area (Å²) in [7, 11) is 0. The number of amides is 2. The zero-order chi connectivity index (χ0) is 16.7. The molecule has 124 valence electrons. The number of amidine groups is 1. The molecule has 1 N–H and O–H groups in total. The van der Waals surface area contributed by atoms with Crippen molar-refractivity contribution in [2.75, 3.05) is 37.8 Å². The van der Waals surface area contributed by atoms with Crippen LogP contribution >= 0.6 is 0 Å². The molecular weight excluding hydrogens is 298 g/mol. The first kappa shape index (κ1) is 17.0. The third-order valence-electron chi connectivity index (χ3n) is 3.28. The summed E-state index contributed by atoms with van der Waals surface area (Å²) < 4.78 is 10.1. The van der Waals surface area contributed by atoms with E-state index in [9.17, 15) is 9.59 Å². The molecule has 0 spiro atoms. The first-order valence-electron chi connectivity index (χ1n) is 7.56. The van der Waals surface area contributed by atoms with Crippen LogP contribution in [0, 0.1) is 0 Å². The second-order valence-electron chi connectivity index (χ2n) is 4.99. The van der Waals surface area contributed by atoms with E-state index in [0.29, 0.717) is 18.8 Å². The molecule has 0 unspecified atom stereocenters. The lowest BCUT2D eigenvalue weighted by molar-refractivity contribution is -0.117. The number of ether oxygens (including phenoxy) is 2. The van der Waals surface area contributed by atoms with Crippen LogP contribution in [0.4, 0.5) is 10.5 Å². The molecule has 1 aromatic rings. The molecule has 1 heterocycles. The van der Waals surface area contributed by atoms with Crippen molar-refractivity contribution in [3.63, 3.8) is 0 Å². The standard InChI is InChI=1S/C16H21N3O4/c1-3-23-16(21)18-15(17-12(2)20)13-4-6-14(7-5-13)19-8-10-22-11-9-19/h4-7H,3,8-11H2,1-2H3,(H,17,18,20,21). The van der Waals surface area contributed by atoms with Crippen molar-refractivity contribution in [2.45, 2.75) is 13.8 Å². The van der Waals surface area contributed by atoms with E-state index in [1.807, 2.05) is 24.3 Å². The van der Waals surface area contributed by atoms with Gasteiger partial charge in [-0.15, -0.1) is 0 Å². The van der Waals surface area contributed by atoms with Crippen molar-refractivity contribution in [3.8, 4) is 0 Å². The minimum absolute atomic E-state index is 0.185. The lowest BCUT2D eigenvalue weighted by Gasteiger charge is -2.28. The Kier molecular flexibility index (Phi) is 6.10. The van der Waals surface area contributed by atoms with E-state index in [0.717, 1.165) is 18.8 Å². The van der Waals surface area contributed by atoms with Gasteiger partial charge < -0.3 is 19.7 Å². The summed E-state index contributed by atoms with van der Waals surface area (Å²) in [6.45, 7) is 6.40. The smallest absolute Gasteiger partial charge is 0.435 e. The first-order chi connectivity index (χ1) is 11.1. The van der Waals surface area contributed by atoms with Crippen molar-refractivity contribution >= 4 is 23.5 Å². The normalized spacial score (nSPS) is 15.2. The van der Waals surface area contributed by atoms with Crippen LogP contribution in [-0.4, -0.2) is 50.7 Å². The molecule has 23 heavy (non-hydrogen) atoms. The van der Waals surface area contributed by atoms with Gasteiger partial charge in [-0.05, 0) is 31.2 Å². The summed E-state index contributed by atoms with van der Waals surface area (Å²) in [5.41, 5.74) is 1.71. The monoisotopic (exact) mass is 319 g/mol. The fraction of sp³-hybridized carbons (Fsp3) is 0.438. The molecule has 0 bridgehead atoms. The topological polar surface area (TPSA) is 80.2 Å². The number of hydrogen-bond donors (Lipinski definition) is 1. The molecule has 7 nitrogen and oxygen atoms in total. The van der Waals surface area contributed by atoms with Crippen molar-refractivity contribution in [1.82, 2.24) is 5.32 Å². The maximum Gasteiger partial charge on any atom is 0.435 e. The Balaban J connectivity index is 2.17. The lowest BCUT2D eigenvalue weighted by atomic mass is 10.1. The van der Waals surface area contributed by atoms with Gasteiger partial charge in [0.15, 0.2) is 0 Å². The molecule has 0 radical (unpaired) electrons. The molecule has 2 rings (SSSR count). The van der Waals surface area contributed by atoms with Gasteiger partial charge >= 0.3 is 6.09 Å². The molecule has 1 fully saturated rings. The average molecular weight is 319 g/mol. The van der Waals surface area contributed by atoms with E-state index in [2.05, 4.69) is 15.2 Å². The molecule has 1 aliphatic rings. The quantitative estimate of drug-likeness (QED) is 0.675. The third kappa shape index (κ3) is 5.07. The number of carbonyl (C=O) groups excluding carboxylic acids is 2. The Bertz CT molecular complexity index is 577. The predicted molar refractivity (Wildman–Crippen MR) is 86.8 cm³/mol. The zero-order valence-corrected chi connectivity index (χ0v) is 13.4. The van der Waals surface area contributed by atoms with Crippen LogP contribution < -0.4 is 10.2 Å². The minimum Gasteiger partial charge on any atom is -0.448 e. The van der Waals surface area contributed by atoms with Gasteiger partial charge in [0.25, 0.3) is 0 Å². The molecular formula is C16H21N3O4. The Morgan fingerprint density at radius 1 is 1.26 bits per heavy atom. The van der Waals surface area contributed by atoms with E-state index in [1.54, 1.807) is 6.92 Å². The SMILES string of the molecule is CCOC(=O)N=C(NC(C)=O)c1ccc(N2CCOCC2)cc1. The molecule has 1 saturated heterocycles. The van der Waals surface area contributed by atoms with Gasteiger partial charge in [-0.1, -0.05) is 0 Å². The van der Waals surface area contributed by atoms with Gasteiger partial charge in [0, 0.05) is 31.3 Å². The molecule has 0 atom stereocenters. The van der Waals surface area contributed by atoms with Crippen LogP contribution in [0.1, 0.15) is 19.4 Å². The van der Waals surface area contributed by atoms with Crippen LogP contribution in [0.5, 0.6) is 0 Å². The van der Waals surface area contributed by atoms with E-state index in [4.69, 9.17) is 9.47 Å². The highest BCUT2D eigenvalue weighted by molar-refractivity contribution is 6.10. The van der Waals surface area contributed by atoms with Gasteiger partial charge in [-0.3, -0.25) is 4.79 Å². The summed E-state index contributed by atoms with van der Waals surface area (Å²) in [5.74, 6) is -0.116. The summed E-state index contributed by atoms with van der Waals surface area (Å²) in [6, 6.07) is 7.50. The fourth-order valence-corrected chi connectivity index (χ4v) is 2.23. The van der Waals surface area contributed by atoms with E-state index < -0.39 is 6.09 Å². The van der Waals surface area contributed by atoms with Gasteiger partial charge in [-0.2, -0.15) is 4.99 Å². The van der Waals surface area contributed by atoms with Crippen LogP contribution in [0.25, 0.3) is 0 Å². The Morgan fingerprint density at radius 2 is 1.91 bits per heavy atom. The Hall–Kier alpha value is -2.41. The van der Waals surface area contributed by atoms with Crippen LogP contribution in [0.2, 0.25) is 0 Å². The molecule has 0 aliphatic carbocycles. The molecule has 7 heteroatoms. The minimum atomic E-state index is -0.728. The van der Waals surface area contributed by atoms with Crippen molar-refractivity contribution < 1.29 is 19.1 Å². The number of nitrogens with zero attached hydrogens (tertiary/aromatic N) is 2. The maximum absolute atomic E-state index is 11.5. The highest BCUT2D eigenvalue weighted by Gasteiger charge is 2.13. The Labute approximate surface area is 135 Å². The van der Waals surface area contributed by atoms with E-state index in [-0.39, 0.29) is 18.3 Å². The summed E-state index contributed by atoms with van der Waals surface area (Å²) in [4.78, 5) is 28.9. The number of rotatable bonds is 3. The van der Waals surface area contributed by atoms with E-state index in [1.165, 1.54) is 6.92 Å².